The average Bonchev–Trinajstić information content (AvgIpc) is 1.60. The SMILES string of the molecule is Cc1cc(N2c3ccccc3-c3ccccc3N(c3ccc(C(C)(C)C)cc3)c3ccccc3-c3ccc(Oc4cccc(-n5[c](=[Pt])n(-c6c(-c7ccccc7)cccc6-c6ccccc6)c6ccccc65)c4)cc32)ncc1-c1ccc(C(C)(C)C)cc1. The molecule has 7 heteroatoms. The fraction of sp³-hybridized carbons (Fsp3) is 0.111. The molecular weight excluding hydrogens is 1250 g/mol. The van der Waals surface area contributed by atoms with Crippen molar-refractivity contribution in [2.45, 2.75) is 59.3 Å². The number of rotatable bonds is 9. The van der Waals surface area contributed by atoms with Gasteiger partial charge in [0, 0.05) is 23.0 Å². The van der Waals surface area contributed by atoms with E-state index in [1.165, 1.54) is 11.1 Å². The molecule has 0 unspecified atom stereocenters. The fourth-order valence-electron chi connectivity index (χ4n) is 12.6. The average molecular weight is 1320 g/mol. The minimum atomic E-state index is -0.00935. The van der Waals surface area contributed by atoms with Crippen LogP contribution in [-0.4, -0.2) is 14.1 Å². The van der Waals surface area contributed by atoms with Crippen molar-refractivity contribution in [3.8, 4) is 78.5 Å². The number of aromatic nitrogens is 3. The first-order valence-electron chi connectivity index (χ1n) is 30.2. The molecule has 0 saturated carbocycles. The summed E-state index contributed by atoms with van der Waals surface area (Å²) in [6.07, 6.45) is 2.05. The summed E-state index contributed by atoms with van der Waals surface area (Å²) in [7, 11) is 0. The van der Waals surface area contributed by atoms with E-state index in [-0.39, 0.29) is 10.8 Å². The number of benzene rings is 11. The zero-order valence-corrected chi connectivity index (χ0v) is 52.8. The Morgan fingerprint density at radius 2 is 0.807 bits per heavy atom. The Kier molecular flexibility index (Phi) is 14.5. The summed E-state index contributed by atoms with van der Waals surface area (Å²) in [4.78, 5) is 10.2. The molecule has 0 aliphatic carbocycles. The zero-order valence-electron chi connectivity index (χ0n) is 50.5. The molecule has 432 valence electrons. The molecule has 14 rings (SSSR count). The van der Waals surface area contributed by atoms with Gasteiger partial charge in [-0.1, -0.05) is 126 Å². The number of hydrogen-bond donors (Lipinski definition) is 0. The molecule has 3 heterocycles. The number of ether oxygens (including phenoxy) is 1. The summed E-state index contributed by atoms with van der Waals surface area (Å²) in [5.41, 5.74) is 24.1. The van der Waals surface area contributed by atoms with Crippen molar-refractivity contribution in [2.24, 2.45) is 0 Å². The van der Waals surface area contributed by atoms with Crippen molar-refractivity contribution >= 4 is 45.3 Å². The Morgan fingerprint density at radius 1 is 0.352 bits per heavy atom. The van der Waals surface area contributed by atoms with Crippen LogP contribution in [0.15, 0.2) is 279 Å². The summed E-state index contributed by atoms with van der Waals surface area (Å²) in [5, 5.41) is 0. The van der Waals surface area contributed by atoms with Gasteiger partial charge in [-0.25, -0.2) is 0 Å². The molecule has 0 saturated heterocycles. The molecule has 2 aromatic heterocycles. The summed E-state index contributed by atoms with van der Waals surface area (Å²) in [6, 6.07) is 98.5. The second kappa shape index (κ2) is 22.8. The van der Waals surface area contributed by atoms with Gasteiger partial charge >= 0.3 is 306 Å². The number of imidazole rings is 1. The quantitative estimate of drug-likeness (QED) is 0.144. The van der Waals surface area contributed by atoms with E-state index in [2.05, 4.69) is 360 Å². The maximum atomic E-state index is 7.23. The van der Waals surface area contributed by atoms with Gasteiger partial charge in [0.25, 0.3) is 0 Å². The first-order chi connectivity index (χ1) is 42.8. The molecule has 0 fully saturated rings. The Morgan fingerprint density at radius 3 is 1.36 bits per heavy atom. The minimum Gasteiger partial charge on any atom is -0.0579 e. The van der Waals surface area contributed by atoms with Crippen molar-refractivity contribution in [1.82, 2.24) is 14.1 Å². The van der Waals surface area contributed by atoms with E-state index in [4.69, 9.17) is 9.72 Å². The van der Waals surface area contributed by atoms with Gasteiger partial charge in [-0.2, -0.15) is 0 Å². The van der Waals surface area contributed by atoms with E-state index in [0.717, 1.165) is 122 Å². The molecule has 6 nitrogen and oxygen atoms in total. The van der Waals surface area contributed by atoms with E-state index < -0.39 is 0 Å². The third-order valence-electron chi connectivity index (χ3n) is 17.0. The normalized spacial score (nSPS) is 12.3. The number of pyridine rings is 1. The molecule has 1 aliphatic rings. The smallest absolute Gasteiger partial charge is 0.0579 e. The van der Waals surface area contributed by atoms with Gasteiger partial charge < -0.3 is 4.90 Å². The predicted octanol–water partition coefficient (Wildman–Crippen LogP) is 22.2. The van der Waals surface area contributed by atoms with Gasteiger partial charge in [-0.3, -0.25) is 0 Å². The fourth-order valence-corrected chi connectivity index (χ4v) is 13.7. The molecule has 0 atom stereocenters. The van der Waals surface area contributed by atoms with Crippen LogP contribution in [0.25, 0.3) is 78.0 Å². The second-order valence-electron chi connectivity index (χ2n) is 24.8. The first kappa shape index (κ1) is 56.0. The second-order valence-corrected chi connectivity index (χ2v) is 25.8. The number of hydrogen-bond acceptors (Lipinski definition) is 4. The topological polar surface area (TPSA) is 38.5 Å². The number of nitrogens with zero attached hydrogens (tertiary/aromatic N) is 5. The third kappa shape index (κ3) is 10.3. The molecule has 0 radical (unpaired) electrons. The van der Waals surface area contributed by atoms with Gasteiger partial charge in [0.05, 0.1) is 5.69 Å². The Labute approximate surface area is 527 Å². The predicted molar refractivity (Wildman–Crippen MR) is 362 cm³/mol. The van der Waals surface area contributed by atoms with Crippen LogP contribution < -0.4 is 14.5 Å². The van der Waals surface area contributed by atoms with Gasteiger partial charge in [-0.15, -0.1) is 0 Å². The monoisotopic (exact) mass is 1320 g/mol. The third-order valence-corrected chi connectivity index (χ3v) is 18.1. The van der Waals surface area contributed by atoms with Crippen LogP contribution in [0.2, 0.25) is 0 Å². The Hall–Kier alpha value is -9.87. The van der Waals surface area contributed by atoms with E-state index in [9.17, 15) is 0 Å². The van der Waals surface area contributed by atoms with Crippen molar-refractivity contribution in [1.29, 1.82) is 0 Å². The summed E-state index contributed by atoms with van der Waals surface area (Å²) < 4.78 is 13.0. The van der Waals surface area contributed by atoms with Crippen LogP contribution in [0.3, 0.4) is 0 Å². The summed E-state index contributed by atoms with van der Waals surface area (Å²) in [5.74, 6) is 2.17. The molecule has 0 spiro atoms. The number of aryl methyl sites for hydroxylation is 1. The van der Waals surface area contributed by atoms with Gasteiger partial charge in [-0.05, 0) is 64.3 Å². The number of anilines is 6. The number of para-hydroxylation sites is 6. The molecule has 0 bridgehead atoms. The van der Waals surface area contributed by atoms with Crippen molar-refractivity contribution in [2.75, 3.05) is 9.80 Å². The molecule has 13 aromatic rings. The van der Waals surface area contributed by atoms with Crippen molar-refractivity contribution < 1.29 is 24.1 Å². The molecule has 11 aromatic carbocycles. The van der Waals surface area contributed by atoms with Crippen LogP contribution in [-0.2, 0) is 30.2 Å². The molecule has 0 N–H and O–H groups in total. The van der Waals surface area contributed by atoms with Crippen LogP contribution in [0, 0.1) is 10.7 Å². The van der Waals surface area contributed by atoms with E-state index in [1.54, 1.807) is 0 Å². The summed E-state index contributed by atoms with van der Waals surface area (Å²) in [6.45, 7) is 15.8. The standard InChI is InChI=1S/C81H67N5O.Pt/c1-55-50-78(82-53-71(55)58-40-42-59(43-41-58)80(2,3)4)86-74-37-19-16-31-68(74)67-30-14-17-35-72(67)85(61-46-44-60(45-47-61)81(5,6)7)73-36-18-15-32-69(73)70-49-48-64(52-77(70)86)87-63-29-22-28-62(51-63)83-54-84(76-39-21-20-38-75(76)83)79-65(56-24-10-8-11-25-56)33-23-34-66(79)57-26-12-9-13-27-57;/h8-53H,1-7H3;. The van der Waals surface area contributed by atoms with Crippen LogP contribution >= 0.6 is 0 Å². The molecular formula is C81H67N5OPt. The van der Waals surface area contributed by atoms with Crippen LogP contribution in [0.5, 0.6) is 11.5 Å². The van der Waals surface area contributed by atoms with Crippen molar-refractivity contribution in [3.05, 3.63) is 300 Å². The van der Waals surface area contributed by atoms with Crippen LogP contribution in [0.4, 0.5) is 34.3 Å². The Bertz CT molecular complexity index is 4760. The van der Waals surface area contributed by atoms with Gasteiger partial charge in [0.15, 0.2) is 0 Å². The van der Waals surface area contributed by atoms with Crippen LogP contribution in [0.1, 0.15) is 58.2 Å². The first-order valence-corrected chi connectivity index (χ1v) is 31.3. The van der Waals surface area contributed by atoms with E-state index >= 15 is 0 Å². The minimum absolute atomic E-state index is 0.00935. The summed E-state index contributed by atoms with van der Waals surface area (Å²) >= 11 is 2.52. The zero-order chi connectivity index (χ0) is 60.3. The molecule has 0 amide bonds. The maximum absolute atomic E-state index is 7.23. The Balaban J connectivity index is 0.950. The van der Waals surface area contributed by atoms with E-state index in [0.29, 0.717) is 11.5 Å². The molecule has 1 aliphatic heterocycles. The molecule has 88 heavy (non-hydrogen) atoms. The van der Waals surface area contributed by atoms with Crippen molar-refractivity contribution in [3.63, 3.8) is 0 Å². The van der Waals surface area contributed by atoms with E-state index in [1.807, 2.05) is 6.20 Å². The van der Waals surface area contributed by atoms with Gasteiger partial charge in [0.2, 0.25) is 0 Å². The van der Waals surface area contributed by atoms with Gasteiger partial charge in [0.1, 0.15) is 0 Å². The number of fused-ring (bicyclic) bond motifs is 7.